The monoisotopic (exact) mass is 507 g/mol. The van der Waals surface area contributed by atoms with Gasteiger partial charge in [0.1, 0.15) is 0 Å². The number of aromatic carboxylic acids is 1. The van der Waals surface area contributed by atoms with E-state index in [1.165, 1.54) is 0 Å². The van der Waals surface area contributed by atoms with Gasteiger partial charge < -0.3 is 5.11 Å². The molecule has 5 nitrogen and oxygen atoms in total. The van der Waals surface area contributed by atoms with Crippen molar-refractivity contribution in [3.63, 3.8) is 0 Å². The van der Waals surface area contributed by atoms with E-state index in [9.17, 15) is 13.2 Å². The number of hydrogen-bond donors (Lipinski definition) is 2. The van der Waals surface area contributed by atoms with Crippen LogP contribution in [0.4, 0.5) is 5.69 Å². The van der Waals surface area contributed by atoms with Gasteiger partial charge in [-0.2, -0.15) is 0 Å². The summed E-state index contributed by atoms with van der Waals surface area (Å²) in [6, 6.07) is 18.4. The van der Waals surface area contributed by atoms with Crippen LogP contribution in [-0.2, 0) is 22.9 Å². The van der Waals surface area contributed by atoms with Crippen LogP contribution >= 0.6 is 0 Å². The molecule has 0 spiro atoms. The molecule has 0 bridgehead atoms. The summed E-state index contributed by atoms with van der Waals surface area (Å²) in [5.74, 6) is -0.483. The highest BCUT2D eigenvalue weighted by atomic mass is 32.2. The zero-order valence-corrected chi connectivity index (χ0v) is 22.8. The Morgan fingerprint density at radius 1 is 0.750 bits per heavy atom. The Morgan fingerprint density at radius 3 is 1.58 bits per heavy atom. The zero-order chi connectivity index (χ0) is 26.6. The minimum absolute atomic E-state index is 0.0692. The molecule has 192 valence electrons. The molecule has 0 aliphatic rings. The van der Waals surface area contributed by atoms with Crippen LogP contribution in [0, 0.1) is 0 Å². The molecule has 36 heavy (non-hydrogen) atoms. The maximum atomic E-state index is 13.7. The molecule has 0 fully saturated rings. The molecule has 0 aliphatic carbocycles. The number of carboxylic acid groups (broad SMARTS) is 1. The highest BCUT2D eigenvalue weighted by Gasteiger charge is 2.27. The predicted molar refractivity (Wildman–Crippen MR) is 147 cm³/mol. The number of anilines is 1. The first-order chi connectivity index (χ1) is 16.9. The van der Waals surface area contributed by atoms with Gasteiger partial charge in [-0.3, -0.25) is 4.72 Å². The van der Waals surface area contributed by atoms with Crippen LogP contribution < -0.4 is 4.72 Å². The number of sulfonamides is 1. The largest absolute Gasteiger partial charge is 0.478 e. The average Bonchev–Trinajstić information content (AvgIpc) is 2.82. The summed E-state index contributed by atoms with van der Waals surface area (Å²) in [6.45, 7) is 12.4. The number of hydrogen-bond acceptors (Lipinski definition) is 3. The fourth-order valence-corrected chi connectivity index (χ4v) is 6.01. The summed E-state index contributed by atoms with van der Waals surface area (Å²) < 4.78 is 30.1. The van der Waals surface area contributed by atoms with Crippen molar-refractivity contribution in [1.29, 1.82) is 0 Å². The van der Waals surface area contributed by atoms with Gasteiger partial charge in [0.15, 0.2) is 0 Å². The molecule has 0 aromatic heterocycles. The first-order valence-corrected chi connectivity index (χ1v) is 14.0. The third kappa shape index (κ3) is 6.55. The van der Waals surface area contributed by atoms with Crippen LogP contribution in [0.3, 0.4) is 0 Å². The van der Waals surface area contributed by atoms with E-state index in [2.05, 4.69) is 18.6 Å². The fraction of sp³-hybridized carbons (Fsp3) is 0.367. The molecule has 0 radical (unpaired) electrons. The third-order valence-corrected chi connectivity index (χ3v) is 7.97. The van der Waals surface area contributed by atoms with Crippen LogP contribution in [0.5, 0.6) is 0 Å². The smallest absolute Gasteiger partial charge is 0.335 e. The van der Waals surface area contributed by atoms with Gasteiger partial charge in [-0.1, -0.05) is 77.9 Å². The Labute approximate surface area is 215 Å². The van der Waals surface area contributed by atoms with Crippen molar-refractivity contribution in [2.45, 2.75) is 77.0 Å². The van der Waals surface area contributed by atoms with Crippen molar-refractivity contribution in [3.8, 4) is 0 Å². The predicted octanol–water partition coefficient (Wildman–Crippen LogP) is 7.34. The summed E-state index contributed by atoms with van der Waals surface area (Å²) in [4.78, 5) is 11.4. The van der Waals surface area contributed by atoms with Crippen molar-refractivity contribution in [2.24, 2.45) is 0 Å². The van der Waals surface area contributed by atoms with Crippen LogP contribution in [0.1, 0.15) is 97.5 Å². The first kappa shape index (κ1) is 27.5. The van der Waals surface area contributed by atoms with Crippen molar-refractivity contribution in [1.82, 2.24) is 0 Å². The van der Waals surface area contributed by atoms with E-state index in [1.807, 2.05) is 64.1 Å². The lowest BCUT2D eigenvalue weighted by atomic mass is 9.89. The molecule has 0 saturated heterocycles. The van der Waals surface area contributed by atoms with E-state index in [-0.39, 0.29) is 17.4 Å². The first-order valence-electron chi connectivity index (χ1n) is 12.5. The molecule has 3 aromatic rings. The van der Waals surface area contributed by atoms with Gasteiger partial charge in [0.25, 0.3) is 10.0 Å². The maximum Gasteiger partial charge on any atom is 0.335 e. The minimum Gasteiger partial charge on any atom is -0.478 e. The summed E-state index contributed by atoms with van der Waals surface area (Å²) >= 11 is 0. The molecule has 2 N–H and O–H groups in total. The molecule has 0 amide bonds. The fourth-order valence-electron chi connectivity index (χ4n) is 4.25. The highest BCUT2D eigenvalue weighted by Crippen LogP contribution is 2.36. The minimum atomic E-state index is -3.78. The molecule has 0 saturated carbocycles. The van der Waals surface area contributed by atoms with Gasteiger partial charge in [-0.15, -0.1) is 0 Å². The van der Waals surface area contributed by atoms with E-state index in [0.29, 0.717) is 16.5 Å². The van der Waals surface area contributed by atoms with Crippen molar-refractivity contribution < 1.29 is 18.3 Å². The van der Waals surface area contributed by atoms with E-state index in [1.54, 1.807) is 24.3 Å². The molecule has 0 aliphatic heterocycles. The summed E-state index contributed by atoms with van der Waals surface area (Å²) in [5, 5.41) is 9.03. The highest BCUT2D eigenvalue weighted by molar-refractivity contribution is 7.92. The van der Waals surface area contributed by atoms with Gasteiger partial charge in [0, 0.05) is 5.69 Å². The van der Waals surface area contributed by atoms with Crippen molar-refractivity contribution in [3.05, 3.63) is 94.0 Å². The van der Waals surface area contributed by atoms with Crippen molar-refractivity contribution in [2.75, 3.05) is 4.72 Å². The van der Waals surface area contributed by atoms with Gasteiger partial charge >= 0.3 is 5.97 Å². The zero-order valence-electron chi connectivity index (χ0n) is 22.0. The lowest BCUT2D eigenvalue weighted by molar-refractivity contribution is 0.0697. The number of carbonyl (C=O) groups is 1. The number of nitrogens with one attached hydrogen (secondary N) is 1. The topological polar surface area (TPSA) is 83.5 Å². The van der Waals surface area contributed by atoms with Gasteiger partial charge in [0.2, 0.25) is 0 Å². The molecular formula is C30H37NO4S. The lowest BCUT2D eigenvalue weighted by Gasteiger charge is -2.23. The Bertz CT molecular complexity index is 1280. The SMILES string of the molecule is CC(C)c1cc(C(C)C)c(S(=O)(=O)Nc2ccc(CCc3ccc(C(=O)O)cc3)cc2)c(C(C)C)c1. The lowest BCUT2D eigenvalue weighted by Crippen LogP contribution is -2.19. The van der Waals surface area contributed by atoms with Crippen LogP contribution in [0.15, 0.2) is 65.6 Å². The van der Waals surface area contributed by atoms with Crippen LogP contribution in [0.25, 0.3) is 0 Å². The second-order valence-corrected chi connectivity index (χ2v) is 11.9. The molecular weight excluding hydrogens is 470 g/mol. The molecule has 6 heteroatoms. The molecule has 3 aromatic carbocycles. The second kappa shape index (κ2) is 11.3. The van der Waals surface area contributed by atoms with Crippen LogP contribution in [0.2, 0.25) is 0 Å². The average molecular weight is 508 g/mol. The Kier molecular flexibility index (Phi) is 8.62. The molecule has 0 atom stereocenters. The second-order valence-electron chi connectivity index (χ2n) is 10.3. The van der Waals surface area contributed by atoms with Gasteiger partial charge in [0.05, 0.1) is 10.5 Å². The number of benzene rings is 3. The summed E-state index contributed by atoms with van der Waals surface area (Å²) in [5.41, 5.74) is 5.79. The summed E-state index contributed by atoms with van der Waals surface area (Å²) in [7, 11) is -3.78. The Hall–Kier alpha value is -3.12. The van der Waals surface area contributed by atoms with E-state index < -0.39 is 16.0 Å². The van der Waals surface area contributed by atoms with Crippen LogP contribution in [-0.4, -0.2) is 19.5 Å². The van der Waals surface area contributed by atoms with Gasteiger partial charge in [-0.05, 0) is 82.7 Å². The normalized spacial score (nSPS) is 11.9. The molecule has 0 unspecified atom stereocenters. The third-order valence-electron chi connectivity index (χ3n) is 6.46. The van der Waals surface area contributed by atoms with Gasteiger partial charge in [-0.25, -0.2) is 13.2 Å². The standard InChI is InChI=1S/C30H37NO4S/c1-19(2)25-17-27(20(3)4)29(28(18-25)21(5)6)36(34,35)31-26-15-11-23(12-16-26)8-7-22-9-13-24(14-10-22)30(32)33/h9-21,31H,7-8H2,1-6H3,(H,32,33). The number of rotatable bonds is 10. The van der Waals surface area contributed by atoms with Crippen molar-refractivity contribution >= 4 is 21.7 Å². The molecule has 0 heterocycles. The molecule has 3 rings (SSSR count). The van der Waals surface area contributed by atoms with E-state index in [4.69, 9.17) is 5.11 Å². The van der Waals surface area contributed by atoms with E-state index >= 15 is 0 Å². The van der Waals surface area contributed by atoms with E-state index in [0.717, 1.165) is 40.7 Å². The number of aryl methyl sites for hydroxylation is 2. The maximum absolute atomic E-state index is 13.7. The quantitative estimate of drug-likeness (QED) is 0.301. The summed E-state index contributed by atoms with van der Waals surface area (Å²) in [6.07, 6.45) is 1.54. The Balaban J connectivity index is 1.82. The number of carboxylic acids is 1. The Morgan fingerprint density at radius 2 is 1.19 bits per heavy atom.